The van der Waals surface area contributed by atoms with Gasteiger partial charge in [0.05, 0.1) is 6.61 Å². The molecular weight excluding hydrogens is 326 g/mol. The summed E-state index contributed by atoms with van der Waals surface area (Å²) in [5.41, 5.74) is 8.33. The average molecular weight is 338 g/mol. The minimum absolute atomic E-state index is 0.119. The van der Waals surface area contributed by atoms with E-state index in [2.05, 4.69) is 21.0 Å². The maximum Gasteiger partial charge on any atom is 0.332 e. The second-order valence-electron chi connectivity index (χ2n) is 3.92. The molecule has 0 atom stereocenters. The van der Waals surface area contributed by atoms with E-state index in [9.17, 15) is 9.59 Å². The molecule has 0 saturated carbocycles. The molecule has 1 aliphatic rings. The molecule has 104 valence electrons. The van der Waals surface area contributed by atoms with Gasteiger partial charge in [-0.05, 0) is 23.8 Å². The van der Waals surface area contributed by atoms with Gasteiger partial charge in [0, 0.05) is 10.9 Å². The van der Waals surface area contributed by atoms with Crippen molar-refractivity contribution in [3.05, 3.63) is 35.4 Å². The van der Waals surface area contributed by atoms with E-state index in [1.807, 2.05) is 5.43 Å². The van der Waals surface area contributed by atoms with E-state index in [1.165, 1.54) is 6.08 Å². The highest BCUT2D eigenvalue weighted by Crippen LogP contribution is 2.23. The Balaban J connectivity index is 2.27. The quantitative estimate of drug-likeness (QED) is 0.646. The maximum atomic E-state index is 12.2. The number of primary amides is 1. The summed E-state index contributed by atoms with van der Waals surface area (Å²) in [7, 11) is 0. The minimum Gasteiger partial charge on any atom is -0.493 e. The van der Waals surface area contributed by atoms with Gasteiger partial charge in [0.2, 0.25) is 5.78 Å². The van der Waals surface area contributed by atoms with Crippen molar-refractivity contribution in [3.8, 4) is 5.75 Å². The number of nitrogens with zero attached hydrogens (tertiary/aromatic N) is 1. The second kappa shape index (κ2) is 6.33. The summed E-state index contributed by atoms with van der Waals surface area (Å²) in [6.45, 7) is 0.507. The summed E-state index contributed by atoms with van der Waals surface area (Å²) in [6.07, 6.45) is 3.27. The molecule has 0 aromatic heterocycles. The summed E-state index contributed by atoms with van der Waals surface area (Å²) in [6, 6.07) is 4.43. The summed E-state index contributed by atoms with van der Waals surface area (Å²) in [5, 5.41) is 4.36. The fourth-order valence-corrected chi connectivity index (χ4v) is 1.87. The Kier molecular flexibility index (Phi) is 4.52. The highest BCUT2D eigenvalue weighted by molar-refractivity contribution is 9.09. The molecule has 1 aliphatic carbocycles. The largest absolute Gasteiger partial charge is 0.493 e. The Hall–Kier alpha value is -2.15. The molecule has 0 saturated heterocycles. The lowest BCUT2D eigenvalue weighted by molar-refractivity contribution is 0.106. The number of hydrazone groups is 1. The molecule has 0 fully saturated rings. The van der Waals surface area contributed by atoms with Crippen molar-refractivity contribution in [1.29, 1.82) is 0 Å². The molecule has 0 unspecified atom stereocenters. The van der Waals surface area contributed by atoms with Crippen LogP contribution in [0.4, 0.5) is 4.79 Å². The van der Waals surface area contributed by atoms with Gasteiger partial charge in [-0.2, -0.15) is 5.10 Å². The molecule has 6 nitrogen and oxygen atoms in total. The molecule has 0 spiro atoms. The lowest BCUT2D eigenvalue weighted by Crippen LogP contribution is -2.28. The number of carbonyl (C=O) groups is 2. The van der Waals surface area contributed by atoms with Crippen LogP contribution in [0.15, 0.2) is 29.4 Å². The predicted octanol–water partition coefficient (Wildman–Crippen LogP) is 1.69. The zero-order chi connectivity index (χ0) is 14.5. The highest BCUT2D eigenvalue weighted by Gasteiger charge is 2.20. The number of allylic oxidation sites excluding steroid dienone is 1. The predicted molar refractivity (Wildman–Crippen MR) is 79.2 cm³/mol. The fourth-order valence-electron chi connectivity index (χ4n) is 1.71. The number of Topliss-reactive ketones (excluding diaryl/α,β-unsaturated/α-hetero) is 1. The molecule has 0 bridgehead atoms. The molecule has 20 heavy (non-hydrogen) atoms. The third kappa shape index (κ3) is 3.24. The van der Waals surface area contributed by atoms with Crippen LogP contribution in [-0.4, -0.2) is 29.5 Å². The molecule has 2 rings (SSSR count). The molecule has 7 heteroatoms. The zero-order valence-electron chi connectivity index (χ0n) is 10.4. The number of carbonyl (C=O) groups excluding carboxylic acids is 2. The number of urea groups is 1. The van der Waals surface area contributed by atoms with Gasteiger partial charge in [0.1, 0.15) is 11.5 Å². The van der Waals surface area contributed by atoms with Crippen LogP contribution in [0.2, 0.25) is 0 Å². The van der Waals surface area contributed by atoms with Crippen molar-refractivity contribution < 1.29 is 14.3 Å². The van der Waals surface area contributed by atoms with E-state index in [-0.39, 0.29) is 11.5 Å². The van der Waals surface area contributed by atoms with Crippen molar-refractivity contribution in [2.75, 3.05) is 11.9 Å². The van der Waals surface area contributed by atoms with Crippen molar-refractivity contribution in [1.82, 2.24) is 5.43 Å². The number of benzene rings is 1. The number of nitrogens with one attached hydrogen (secondary N) is 1. The Morgan fingerprint density at radius 2 is 2.20 bits per heavy atom. The van der Waals surface area contributed by atoms with Crippen molar-refractivity contribution >= 4 is 39.5 Å². The Bertz CT molecular complexity index is 611. The van der Waals surface area contributed by atoms with E-state index in [0.29, 0.717) is 23.2 Å². The van der Waals surface area contributed by atoms with Gasteiger partial charge in [0.25, 0.3) is 0 Å². The first-order valence-electron chi connectivity index (χ1n) is 5.80. The van der Waals surface area contributed by atoms with Crippen LogP contribution in [0.25, 0.3) is 6.08 Å². The van der Waals surface area contributed by atoms with Gasteiger partial charge >= 0.3 is 6.03 Å². The molecule has 1 aromatic carbocycles. The summed E-state index contributed by atoms with van der Waals surface area (Å²) < 4.78 is 5.45. The van der Waals surface area contributed by atoms with Gasteiger partial charge in [-0.15, -0.1) is 0 Å². The average Bonchev–Trinajstić information content (AvgIpc) is 2.44. The number of fused-ring (bicyclic) bond motifs is 1. The van der Waals surface area contributed by atoms with Crippen LogP contribution in [0.3, 0.4) is 0 Å². The number of hydrogen-bond donors (Lipinski definition) is 2. The van der Waals surface area contributed by atoms with Crippen LogP contribution >= 0.6 is 15.9 Å². The molecule has 0 heterocycles. The minimum atomic E-state index is -0.820. The lowest BCUT2D eigenvalue weighted by Gasteiger charge is -2.13. The van der Waals surface area contributed by atoms with Gasteiger partial charge < -0.3 is 10.5 Å². The third-order valence-electron chi connectivity index (χ3n) is 2.56. The fraction of sp³-hybridized carbons (Fsp3) is 0.154. The monoisotopic (exact) mass is 337 g/mol. The summed E-state index contributed by atoms with van der Waals surface area (Å²) >= 11 is 3.26. The van der Waals surface area contributed by atoms with Crippen molar-refractivity contribution in [2.45, 2.75) is 0 Å². The van der Waals surface area contributed by atoms with Crippen molar-refractivity contribution in [3.63, 3.8) is 0 Å². The number of ketones is 1. The van der Waals surface area contributed by atoms with Crippen LogP contribution in [0, 0.1) is 0 Å². The van der Waals surface area contributed by atoms with E-state index in [0.717, 1.165) is 5.56 Å². The Morgan fingerprint density at radius 1 is 1.40 bits per heavy atom. The number of alkyl halides is 1. The van der Waals surface area contributed by atoms with Crippen LogP contribution in [0.1, 0.15) is 15.9 Å². The molecule has 0 radical (unpaired) electrons. The Labute approximate surface area is 123 Å². The molecule has 2 amide bonds. The van der Waals surface area contributed by atoms with Gasteiger partial charge in [-0.25, -0.2) is 10.2 Å². The van der Waals surface area contributed by atoms with Crippen LogP contribution in [0.5, 0.6) is 5.75 Å². The first-order chi connectivity index (χ1) is 9.61. The number of ether oxygens (including phenoxy) is 1. The highest BCUT2D eigenvalue weighted by atomic mass is 79.9. The topological polar surface area (TPSA) is 93.8 Å². The second-order valence-corrected chi connectivity index (χ2v) is 4.72. The number of rotatable bonds is 4. The number of amides is 2. The van der Waals surface area contributed by atoms with Crippen LogP contribution < -0.4 is 15.9 Å². The van der Waals surface area contributed by atoms with Crippen LogP contribution in [-0.2, 0) is 0 Å². The lowest BCUT2D eigenvalue weighted by atomic mass is 9.95. The van der Waals surface area contributed by atoms with Gasteiger partial charge in [-0.3, -0.25) is 4.79 Å². The number of hydrogen-bond acceptors (Lipinski definition) is 4. The maximum absolute atomic E-state index is 12.2. The number of halogens is 1. The third-order valence-corrected chi connectivity index (χ3v) is 2.88. The smallest absolute Gasteiger partial charge is 0.332 e. The SMILES string of the molecule is NC(=O)NN=C1C=Cc2ccc(OCCBr)cc2C1=O. The van der Waals surface area contributed by atoms with E-state index in [1.54, 1.807) is 24.3 Å². The summed E-state index contributed by atoms with van der Waals surface area (Å²) in [5.74, 6) is 0.314. The number of nitrogens with two attached hydrogens (primary N) is 1. The van der Waals surface area contributed by atoms with Gasteiger partial charge in [0.15, 0.2) is 0 Å². The standard InChI is InChI=1S/C13H12BrN3O3/c14-5-6-20-9-3-1-8-2-4-11(16-17-13(15)19)12(18)10(8)7-9/h1-4,7H,5-6H2,(H3,15,17,19). The molecular formula is C13H12BrN3O3. The molecule has 1 aromatic rings. The first kappa shape index (κ1) is 14.3. The molecule has 0 aliphatic heterocycles. The van der Waals surface area contributed by atoms with E-state index < -0.39 is 6.03 Å². The first-order valence-corrected chi connectivity index (χ1v) is 6.92. The van der Waals surface area contributed by atoms with E-state index >= 15 is 0 Å². The normalized spacial score (nSPS) is 15.1. The van der Waals surface area contributed by atoms with Gasteiger partial charge in [-0.1, -0.05) is 28.1 Å². The molecule has 3 N–H and O–H groups in total. The van der Waals surface area contributed by atoms with E-state index in [4.69, 9.17) is 10.5 Å². The summed E-state index contributed by atoms with van der Waals surface area (Å²) in [4.78, 5) is 22.8. The Morgan fingerprint density at radius 3 is 2.90 bits per heavy atom. The van der Waals surface area contributed by atoms with Crippen molar-refractivity contribution in [2.24, 2.45) is 10.8 Å². The zero-order valence-corrected chi connectivity index (χ0v) is 12.0.